The van der Waals surface area contributed by atoms with E-state index in [9.17, 15) is 4.79 Å². The Hall–Kier alpha value is -2.92. The second-order valence-corrected chi connectivity index (χ2v) is 6.11. The van der Waals surface area contributed by atoms with E-state index in [2.05, 4.69) is 10.1 Å². The second kappa shape index (κ2) is 6.53. The maximum absolute atomic E-state index is 12.9. The molecule has 0 aliphatic carbocycles. The number of rotatable bonds is 3. The summed E-state index contributed by atoms with van der Waals surface area (Å²) < 4.78 is 5.54. The number of carbonyl (C=O) groups excluding carboxylic acids is 1. The highest BCUT2D eigenvalue weighted by molar-refractivity contribution is 6.30. The number of aromatic nitrogens is 1. The minimum atomic E-state index is -0.277. The number of benzene rings is 1. The van der Waals surface area contributed by atoms with Crippen LogP contribution < -0.4 is 0 Å². The van der Waals surface area contributed by atoms with Crippen LogP contribution in [0, 0.1) is 0 Å². The maximum Gasteiger partial charge on any atom is 0.274 e. The van der Waals surface area contributed by atoms with E-state index in [0.717, 1.165) is 11.3 Å². The Bertz CT molecular complexity index is 906. The zero-order valence-corrected chi connectivity index (χ0v) is 13.9. The number of amides is 1. The first-order valence-electron chi connectivity index (χ1n) is 7.83. The Balaban J connectivity index is 1.71. The van der Waals surface area contributed by atoms with E-state index < -0.39 is 0 Å². The van der Waals surface area contributed by atoms with Crippen molar-refractivity contribution in [2.75, 3.05) is 0 Å². The summed E-state index contributed by atoms with van der Waals surface area (Å²) in [6.07, 6.45) is 5.36. The van der Waals surface area contributed by atoms with E-state index in [4.69, 9.17) is 16.0 Å². The van der Waals surface area contributed by atoms with E-state index in [1.807, 2.05) is 36.4 Å². The van der Waals surface area contributed by atoms with Crippen molar-refractivity contribution in [3.05, 3.63) is 89.1 Å². The summed E-state index contributed by atoms with van der Waals surface area (Å²) >= 11 is 5.96. The smallest absolute Gasteiger partial charge is 0.274 e. The third-order valence-corrected chi connectivity index (χ3v) is 4.35. The van der Waals surface area contributed by atoms with Gasteiger partial charge in [-0.3, -0.25) is 9.78 Å². The SMILES string of the molecule is O=C(c1ccncc1)N1N=C(c2ccc(Cl)cc2)CC1c1ccco1. The molecule has 4 rings (SSSR count). The van der Waals surface area contributed by atoms with Gasteiger partial charge in [0.25, 0.3) is 5.91 Å². The fourth-order valence-corrected chi connectivity index (χ4v) is 2.97. The maximum atomic E-state index is 12.9. The second-order valence-electron chi connectivity index (χ2n) is 5.67. The number of carbonyl (C=O) groups is 1. The number of hydrogen-bond donors (Lipinski definition) is 0. The molecule has 0 saturated carbocycles. The topological polar surface area (TPSA) is 58.7 Å². The molecule has 1 aromatic carbocycles. The molecule has 1 unspecified atom stereocenters. The van der Waals surface area contributed by atoms with Crippen LogP contribution in [0.4, 0.5) is 0 Å². The minimum absolute atomic E-state index is 0.187. The van der Waals surface area contributed by atoms with Gasteiger partial charge in [-0.2, -0.15) is 5.10 Å². The molecule has 0 bridgehead atoms. The van der Waals surface area contributed by atoms with Crippen molar-refractivity contribution >= 4 is 23.2 Å². The van der Waals surface area contributed by atoms with Gasteiger partial charge in [0, 0.05) is 29.4 Å². The van der Waals surface area contributed by atoms with E-state index in [-0.39, 0.29) is 11.9 Å². The van der Waals surface area contributed by atoms with Crippen molar-refractivity contribution in [2.24, 2.45) is 5.10 Å². The summed E-state index contributed by atoms with van der Waals surface area (Å²) in [7, 11) is 0. The van der Waals surface area contributed by atoms with Gasteiger partial charge in [0.2, 0.25) is 0 Å². The highest BCUT2D eigenvalue weighted by atomic mass is 35.5. The summed E-state index contributed by atoms with van der Waals surface area (Å²) in [5.74, 6) is 0.517. The molecule has 25 heavy (non-hydrogen) atoms. The average Bonchev–Trinajstić information content (AvgIpc) is 3.32. The molecule has 0 N–H and O–H groups in total. The van der Waals surface area contributed by atoms with Gasteiger partial charge in [0.1, 0.15) is 11.8 Å². The number of hydrazone groups is 1. The van der Waals surface area contributed by atoms with Gasteiger partial charge in [0.05, 0.1) is 12.0 Å². The lowest BCUT2D eigenvalue weighted by Gasteiger charge is -2.19. The van der Waals surface area contributed by atoms with Crippen LogP contribution >= 0.6 is 11.6 Å². The molecule has 1 amide bonds. The minimum Gasteiger partial charge on any atom is -0.467 e. The average molecular weight is 352 g/mol. The predicted molar refractivity (Wildman–Crippen MR) is 94.5 cm³/mol. The van der Waals surface area contributed by atoms with Gasteiger partial charge in [-0.25, -0.2) is 5.01 Å². The van der Waals surface area contributed by atoms with Crippen molar-refractivity contribution in [2.45, 2.75) is 12.5 Å². The fourth-order valence-electron chi connectivity index (χ4n) is 2.84. The lowest BCUT2D eigenvalue weighted by Crippen LogP contribution is -2.26. The van der Waals surface area contributed by atoms with Crippen LogP contribution in [-0.2, 0) is 0 Å². The van der Waals surface area contributed by atoms with Gasteiger partial charge >= 0.3 is 0 Å². The molecular weight excluding hydrogens is 338 g/mol. The molecule has 6 heteroatoms. The molecule has 0 fully saturated rings. The standard InChI is InChI=1S/C19H14ClN3O2/c20-15-5-3-13(4-6-15)16-12-17(18-2-1-11-25-18)23(22-16)19(24)14-7-9-21-10-8-14/h1-11,17H,12H2. The lowest BCUT2D eigenvalue weighted by molar-refractivity contribution is 0.0692. The third-order valence-electron chi connectivity index (χ3n) is 4.09. The zero-order valence-electron chi connectivity index (χ0n) is 13.2. The molecular formula is C19H14ClN3O2. The molecule has 5 nitrogen and oxygen atoms in total. The predicted octanol–water partition coefficient (Wildman–Crippen LogP) is 4.32. The highest BCUT2D eigenvalue weighted by Gasteiger charge is 2.35. The molecule has 1 aliphatic rings. The number of nitrogens with zero attached hydrogens (tertiary/aromatic N) is 3. The van der Waals surface area contributed by atoms with E-state index in [1.54, 1.807) is 30.8 Å². The Morgan fingerprint density at radius 3 is 2.56 bits per heavy atom. The van der Waals surface area contributed by atoms with Crippen molar-refractivity contribution in [1.82, 2.24) is 9.99 Å². The van der Waals surface area contributed by atoms with Crippen LogP contribution in [-0.4, -0.2) is 21.6 Å². The fraction of sp³-hybridized carbons (Fsp3) is 0.105. The summed E-state index contributed by atoms with van der Waals surface area (Å²) in [5, 5.41) is 6.72. The van der Waals surface area contributed by atoms with Gasteiger partial charge < -0.3 is 4.42 Å². The molecule has 1 atom stereocenters. The lowest BCUT2D eigenvalue weighted by atomic mass is 10.0. The molecule has 3 heterocycles. The summed E-state index contributed by atoms with van der Waals surface area (Å²) in [5.41, 5.74) is 2.29. The number of pyridine rings is 1. The molecule has 0 saturated heterocycles. The Morgan fingerprint density at radius 2 is 1.88 bits per heavy atom. The van der Waals surface area contributed by atoms with E-state index in [0.29, 0.717) is 22.8 Å². The Kier molecular flexibility index (Phi) is 4.07. The Morgan fingerprint density at radius 1 is 1.12 bits per heavy atom. The quantitative estimate of drug-likeness (QED) is 0.706. The molecule has 2 aromatic heterocycles. The first kappa shape index (κ1) is 15.6. The van der Waals surface area contributed by atoms with Crippen molar-refractivity contribution < 1.29 is 9.21 Å². The number of halogens is 1. The van der Waals surface area contributed by atoms with Gasteiger partial charge in [-0.05, 0) is 42.0 Å². The van der Waals surface area contributed by atoms with Crippen LogP contribution in [0.25, 0.3) is 0 Å². The van der Waals surface area contributed by atoms with Crippen molar-refractivity contribution in [1.29, 1.82) is 0 Å². The summed E-state index contributed by atoms with van der Waals surface area (Å²) in [6, 6.07) is 14.2. The number of hydrogen-bond acceptors (Lipinski definition) is 4. The van der Waals surface area contributed by atoms with Crippen molar-refractivity contribution in [3.8, 4) is 0 Å². The van der Waals surface area contributed by atoms with Crippen molar-refractivity contribution in [3.63, 3.8) is 0 Å². The van der Waals surface area contributed by atoms with Crippen LogP contribution in [0.3, 0.4) is 0 Å². The summed E-state index contributed by atoms with van der Waals surface area (Å²) in [6.45, 7) is 0. The van der Waals surface area contributed by atoms with Gasteiger partial charge in [0.15, 0.2) is 0 Å². The normalized spacial score (nSPS) is 16.8. The third kappa shape index (κ3) is 3.06. The van der Waals surface area contributed by atoms with Gasteiger partial charge in [-0.15, -0.1) is 0 Å². The van der Waals surface area contributed by atoms with Crippen LogP contribution in [0.5, 0.6) is 0 Å². The van der Waals surface area contributed by atoms with Crippen LogP contribution in [0.15, 0.2) is 76.7 Å². The number of furan rings is 1. The van der Waals surface area contributed by atoms with E-state index >= 15 is 0 Å². The molecule has 3 aromatic rings. The van der Waals surface area contributed by atoms with Crippen LogP contribution in [0.1, 0.15) is 34.1 Å². The molecule has 0 radical (unpaired) electrons. The first-order valence-corrected chi connectivity index (χ1v) is 8.20. The summed E-state index contributed by atoms with van der Waals surface area (Å²) in [4.78, 5) is 16.9. The Labute approximate surface area is 149 Å². The monoisotopic (exact) mass is 351 g/mol. The zero-order chi connectivity index (χ0) is 17.2. The van der Waals surface area contributed by atoms with E-state index in [1.165, 1.54) is 5.01 Å². The van der Waals surface area contributed by atoms with Crippen LogP contribution in [0.2, 0.25) is 5.02 Å². The largest absolute Gasteiger partial charge is 0.467 e. The molecule has 1 aliphatic heterocycles. The highest BCUT2D eigenvalue weighted by Crippen LogP contribution is 2.34. The molecule has 0 spiro atoms. The molecule has 124 valence electrons. The first-order chi connectivity index (χ1) is 12.2. The van der Waals surface area contributed by atoms with Gasteiger partial charge in [-0.1, -0.05) is 23.7 Å².